The van der Waals surface area contributed by atoms with Crippen molar-refractivity contribution in [3.8, 4) is 11.8 Å². The van der Waals surface area contributed by atoms with E-state index in [1.165, 1.54) is 6.20 Å². The Kier molecular flexibility index (Phi) is 7.88. The Morgan fingerprint density at radius 3 is 2.52 bits per heavy atom. The lowest BCUT2D eigenvalue weighted by Crippen LogP contribution is -2.16. The normalized spacial score (nSPS) is 11.2. The van der Waals surface area contributed by atoms with Crippen molar-refractivity contribution in [2.45, 2.75) is 4.90 Å². The van der Waals surface area contributed by atoms with Crippen molar-refractivity contribution in [1.82, 2.24) is 19.9 Å². The number of anilines is 3. The number of nitrogens with one attached hydrogen (secondary N) is 2. The number of rotatable bonds is 11. The van der Waals surface area contributed by atoms with Gasteiger partial charge in [0.25, 0.3) is 10.1 Å². The first-order chi connectivity index (χ1) is 14.9. The molecule has 2 aromatic heterocycles. The predicted octanol–water partition coefficient (Wildman–Crippen LogP) is 2.53. The number of aromatic nitrogens is 4. The first-order valence-electron chi connectivity index (χ1n) is 8.46. The Bertz CT molecular complexity index is 1090. The molecule has 0 bridgehead atoms. The van der Waals surface area contributed by atoms with E-state index in [4.69, 9.17) is 14.5 Å². The van der Waals surface area contributed by atoms with Crippen molar-refractivity contribution in [3.05, 3.63) is 48.8 Å². The number of nitrogens with zero attached hydrogens (tertiary/aromatic N) is 4. The van der Waals surface area contributed by atoms with Gasteiger partial charge < -0.3 is 15.4 Å². The van der Waals surface area contributed by atoms with Gasteiger partial charge in [0.15, 0.2) is 0 Å². The van der Waals surface area contributed by atoms with E-state index in [2.05, 4.69) is 39.9 Å². The van der Waals surface area contributed by atoms with Crippen molar-refractivity contribution in [2.75, 3.05) is 22.9 Å². The van der Waals surface area contributed by atoms with E-state index in [0.29, 0.717) is 16.3 Å². The van der Waals surface area contributed by atoms with Crippen LogP contribution in [0.1, 0.15) is 0 Å². The number of benzene rings is 1. The number of ether oxygens (including phenoxy) is 1. The molecular formula is C16H16N6O7S2. The molecular weight excluding hydrogens is 452 g/mol. The highest BCUT2D eigenvalue weighted by Gasteiger charge is 2.11. The topological polar surface area (TPSA) is 178 Å². The first kappa shape index (κ1) is 22.6. The lowest BCUT2D eigenvalue weighted by Gasteiger charge is -2.10. The Morgan fingerprint density at radius 2 is 1.84 bits per heavy atom. The Balaban J connectivity index is 1.78. The van der Waals surface area contributed by atoms with E-state index in [1.54, 1.807) is 42.6 Å². The van der Waals surface area contributed by atoms with Gasteiger partial charge in [-0.25, -0.2) is 5.26 Å². The summed E-state index contributed by atoms with van der Waals surface area (Å²) in [5.41, 5.74) is 0.608. The van der Waals surface area contributed by atoms with Crippen molar-refractivity contribution in [3.63, 3.8) is 0 Å². The minimum absolute atomic E-state index is 0.0284. The van der Waals surface area contributed by atoms with Crippen LogP contribution in [-0.2, 0) is 19.5 Å². The zero-order valence-corrected chi connectivity index (χ0v) is 17.2. The third kappa shape index (κ3) is 7.93. The summed E-state index contributed by atoms with van der Waals surface area (Å²) in [7, 11) is -4.15. The summed E-state index contributed by atoms with van der Waals surface area (Å²) in [6.45, 7) is -0.131. The average Bonchev–Trinajstić information content (AvgIpc) is 2.73. The maximum atomic E-state index is 10.9. The number of hydrogen-bond donors (Lipinski definition) is 4. The van der Waals surface area contributed by atoms with E-state index >= 15 is 0 Å². The van der Waals surface area contributed by atoms with E-state index < -0.39 is 15.9 Å². The predicted molar refractivity (Wildman–Crippen MR) is 109 cm³/mol. The second kappa shape index (κ2) is 10.8. The van der Waals surface area contributed by atoms with E-state index in [-0.39, 0.29) is 24.5 Å². The van der Waals surface area contributed by atoms with Crippen LogP contribution in [0.5, 0.6) is 11.8 Å². The average molecular weight is 468 g/mol. The molecule has 0 unspecified atom stereocenters. The van der Waals surface area contributed by atoms with Crippen LogP contribution in [0.25, 0.3) is 0 Å². The molecule has 31 heavy (non-hydrogen) atoms. The van der Waals surface area contributed by atoms with Crippen LogP contribution in [0.2, 0.25) is 0 Å². The molecule has 4 N–H and O–H groups in total. The fraction of sp³-hybridized carbons (Fsp3) is 0.125. The molecule has 0 fully saturated rings. The quantitative estimate of drug-likeness (QED) is 0.140. The fourth-order valence-corrected chi connectivity index (χ4v) is 2.84. The first-order valence-corrected chi connectivity index (χ1v) is 10.8. The van der Waals surface area contributed by atoms with Crippen molar-refractivity contribution in [1.29, 1.82) is 0 Å². The number of hydrogen-bond acceptors (Lipinski definition) is 13. The van der Waals surface area contributed by atoms with Gasteiger partial charge in [0.05, 0.1) is 24.0 Å². The van der Waals surface area contributed by atoms with Crippen LogP contribution in [0, 0.1) is 0 Å². The monoisotopic (exact) mass is 468 g/mol. The van der Waals surface area contributed by atoms with Gasteiger partial charge in [-0.15, -0.1) is 4.33 Å². The van der Waals surface area contributed by atoms with Gasteiger partial charge in [-0.05, 0) is 36.4 Å². The molecule has 0 spiro atoms. The second-order valence-corrected chi connectivity index (χ2v) is 7.99. The van der Waals surface area contributed by atoms with Crippen LogP contribution in [0.15, 0.2) is 53.7 Å². The highest BCUT2D eigenvalue weighted by molar-refractivity contribution is 7.94. The van der Waals surface area contributed by atoms with Crippen molar-refractivity contribution < 1.29 is 32.3 Å². The molecule has 0 saturated heterocycles. The second-order valence-electron chi connectivity index (χ2n) is 5.64. The molecule has 0 amide bonds. The molecule has 0 aliphatic carbocycles. The summed E-state index contributed by atoms with van der Waals surface area (Å²) >= 11 is 0.806. The molecule has 0 radical (unpaired) electrons. The third-order valence-corrected chi connectivity index (χ3v) is 4.69. The van der Waals surface area contributed by atoms with Gasteiger partial charge in [0.1, 0.15) is 5.75 Å². The van der Waals surface area contributed by atoms with E-state index in [0.717, 1.165) is 12.0 Å². The molecule has 1 aromatic carbocycles. The molecule has 13 nitrogen and oxygen atoms in total. The summed E-state index contributed by atoms with van der Waals surface area (Å²) in [5.74, 6) is -0.00533. The standard InChI is InChI=1S/C16H16N6O7S2/c23-28-29-30-13-5-3-11(4-6-13)19-15-20-14(18-8-9-31(24,25)26)21-16(22-15)27-12-2-1-7-17-10-12/h1-7,10,23H,8-9H2,(H,24,25,26)(H2,18,19,20,21,22). The minimum Gasteiger partial charge on any atom is -0.422 e. The summed E-state index contributed by atoms with van der Waals surface area (Å²) in [6, 6.07) is 10.0. The lowest BCUT2D eigenvalue weighted by molar-refractivity contribution is -0.432. The molecule has 0 saturated carbocycles. The smallest absolute Gasteiger partial charge is 0.328 e. The molecule has 164 valence electrons. The molecule has 0 aliphatic rings. The highest BCUT2D eigenvalue weighted by Crippen LogP contribution is 2.24. The minimum atomic E-state index is -4.15. The highest BCUT2D eigenvalue weighted by atomic mass is 32.2. The van der Waals surface area contributed by atoms with Crippen molar-refractivity contribution >= 4 is 39.7 Å². The third-order valence-electron chi connectivity index (χ3n) is 3.37. The summed E-state index contributed by atoms with van der Waals surface area (Å²) in [5, 5.41) is 17.4. The van der Waals surface area contributed by atoms with Gasteiger partial charge >= 0.3 is 6.01 Å². The van der Waals surface area contributed by atoms with Crippen LogP contribution in [-0.4, -0.2) is 50.5 Å². The number of pyridine rings is 1. The van der Waals surface area contributed by atoms with Crippen molar-refractivity contribution in [2.24, 2.45) is 0 Å². The van der Waals surface area contributed by atoms with Gasteiger partial charge in [0, 0.05) is 23.3 Å². The van der Waals surface area contributed by atoms with Crippen LogP contribution in [0.4, 0.5) is 17.6 Å². The Hall–Kier alpha value is -3.08. The molecule has 15 heteroatoms. The van der Waals surface area contributed by atoms with Gasteiger partial charge in [0.2, 0.25) is 11.9 Å². The zero-order valence-electron chi connectivity index (χ0n) is 15.6. The lowest BCUT2D eigenvalue weighted by atomic mass is 10.3. The Labute approximate surface area is 180 Å². The van der Waals surface area contributed by atoms with Crippen LogP contribution < -0.4 is 15.4 Å². The van der Waals surface area contributed by atoms with E-state index in [1.807, 2.05) is 0 Å². The molecule has 0 aliphatic heterocycles. The summed E-state index contributed by atoms with van der Waals surface area (Å²) in [6.07, 6.45) is 3.05. The SMILES string of the molecule is O=S(=O)(O)CCNc1nc(Nc2ccc(SOOO)cc2)nc(Oc2cccnc2)n1. The maximum Gasteiger partial charge on any atom is 0.328 e. The van der Waals surface area contributed by atoms with Gasteiger partial charge in [-0.1, -0.05) is 5.04 Å². The van der Waals surface area contributed by atoms with Crippen LogP contribution in [0.3, 0.4) is 0 Å². The summed E-state index contributed by atoms with van der Waals surface area (Å²) < 4.78 is 40.6. The zero-order chi connectivity index (χ0) is 22.1. The fourth-order valence-electron chi connectivity index (χ4n) is 2.12. The largest absolute Gasteiger partial charge is 0.422 e. The molecule has 2 heterocycles. The molecule has 3 aromatic rings. The van der Waals surface area contributed by atoms with E-state index in [9.17, 15) is 8.42 Å². The maximum absolute atomic E-state index is 10.9. The van der Waals surface area contributed by atoms with Crippen LogP contribution >= 0.6 is 12.0 Å². The summed E-state index contributed by atoms with van der Waals surface area (Å²) in [4.78, 5) is 17.0. The van der Waals surface area contributed by atoms with Gasteiger partial charge in [-0.2, -0.15) is 23.4 Å². The van der Waals surface area contributed by atoms with Gasteiger partial charge in [-0.3, -0.25) is 9.54 Å². The molecule has 3 rings (SSSR count). The molecule has 0 atom stereocenters. The Morgan fingerprint density at radius 1 is 1.06 bits per heavy atom.